The molecule has 1 fully saturated rings. The van der Waals surface area contributed by atoms with E-state index in [1.807, 2.05) is 18.9 Å². The molecule has 0 saturated heterocycles. The van der Waals surface area contributed by atoms with Gasteiger partial charge in [-0.3, -0.25) is 9.59 Å². The van der Waals surface area contributed by atoms with Crippen molar-refractivity contribution in [1.29, 1.82) is 0 Å². The van der Waals surface area contributed by atoms with E-state index < -0.39 is 11.6 Å². The highest BCUT2D eigenvalue weighted by molar-refractivity contribution is 6.15. The van der Waals surface area contributed by atoms with Crippen LogP contribution in [-0.4, -0.2) is 51.2 Å². The first-order chi connectivity index (χ1) is 12.4. The predicted octanol–water partition coefficient (Wildman–Crippen LogP) is 0.829. The molecule has 1 spiro atoms. The molecule has 2 unspecified atom stereocenters. The minimum Gasteiger partial charge on any atom is -0.384 e. The largest absolute Gasteiger partial charge is 0.384 e. The van der Waals surface area contributed by atoms with Gasteiger partial charge in [0.1, 0.15) is 29.7 Å². The quantitative estimate of drug-likeness (QED) is 0.719. The molecule has 8 heteroatoms. The van der Waals surface area contributed by atoms with E-state index in [2.05, 4.69) is 20.6 Å². The Kier molecular flexibility index (Phi) is 3.86. The topological polar surface area (TPSA) is 113 Å². The average molecular weight is 356 g/mol. The second-order valence-corrected chi connectivity index (χ2v) is 7.49. The summed E-state index contributed by atoms with van der Waals surface area (Å²) in [4.78, 5) is 36.1. The Bertz CT molecular complexity index is 799. The van der Waals surface area contributed by atoms with Crippen LogP contribution in [0.2, 0.25) is 0 Å². The predicted molar refractivity (Wildman–Crippen MR) is 97.1 cm³/mol. The van der Waals surface area contributed by atoms with Crippen molar-refractivity contribution in [2.24, 2.45) is 0 Å². The number of Topliss-reactive ketones (excluding diaryl/α,β-unsaturated/α-hetero) is 1. The van der Waals surface area contributed by atoms with Gasteiger partial charge in [0.2, 0.25) is 0 Å². The molecule has 1 aromatic heterocycles. The average Bonchev–Trinajstić information content (AvgIpc) is 2.89. The number of nitrogen functional groups attached to an aromatic ring is 1. The first kappa shape index (κ1) is 16.8. The van der Waals surface area contributed by atoms with Crippen molar-refractivity contribution in [3.05, 3.63) is 23.7 Å². The maximum Gasteiger partial charge on any atom is 0.268 e. The van der Waals surface area contributed by atoms with Crippen LogP contribution < -0.4 is 16.4 Å². The Labute approximate surface area is 152 Å². The summed E-state index contributed by atoms with van der Waals surface area (Å²) in [5, 5.41) is 6.34. The molecule has 4 rings (SSSR count). The number of nitrogens with one attached hydrogen (secondary N) is 2. The first-order valence-corrected chi connectivity index (χ1v) is 9.11. The van der Waals surface area contributed by atoms with E-state index in [4.69, 9.17) is 5.73 Å². The van der Waals surface area contributed by atoms with Gasteiger partial charge in [-0.1, -0.05) is 19.3 Å². The zero-order valence-corrected chi connectivity index (χ0v) is 15.1. The lowest BCUT2D eigenvalue weighted by molar-refractivity contribution is -0.121. The number of amides is 1. The number of ketones is 1. The van der Waals surface area contributed by atoms with E-state index in [0.29, 0.717) is 22.9 Å². The van der Waals surface area contributed by atoms with Gasteiger partial charge < -0.3 is 21.3 Å². The third-order valence-electron chi connectivity index (χ3n) is 5.96. The Morgan fingerprint density at radius 3 is 2.69 bits per heavy atom. The molecule has 3 aliphatic rings. The third-order valence-corrected chi connectivity index (χ3v) is 5.96. The molecule has 3 heterocycles. The van der Waals surface area contributed by atoms with Gasteiger partial charge in [0.05, 0.1) is 17.2 Å². The molecule has 4 N–H and O–H groups in total. The van der Waals surface area contributed by atoms with Gasteiger partial charge in [0.25, 0.3) is 5.91 Å². The van der Waals surface area contributed by atoms with Crippen LogP contribution >= 0.6 is 0 Å². The van der Waals surface area contributed by atoms with Crippen LogP contribution in [0.25, 0.3) is 0 Å². The van der Waals surface area contributed by atoms with Gasteiger partial charge in [0.15, 0.2) is 5.78 Å². The van der Waals surface area contributed by atoms with Crippen LogP contribution in [0.15, 0.2) is 23.7 Å². The first-order valence-electron chi connectivity index (χ1n) is 9.11. The molecule has 26 heavy (non-hydrogen) atoms. The number of carbonyl (C=O) groups is 2. The number of hydrogen-bond donors (Lipinski definition) is 3. The Balaban J connectivity index is 1.73. The van der Waals surface area contributed by atoms with Gasteiger partial charge in [-0.05, 0) is 19.8 Å². The number of rotatable bonds is 2. The summed E-state index contributed by atoms with van der Waals surface area (Å²) < 4.78 is 0. The number of likely N-dealkylation sites (N-methyl/N-ethyl adjacent to an activating group) is 1. The summed E-state index contributed by atoms with van der Waals surface area (Å²) in [7, 11) is 1.87. The Morgan fingerprint density at radius 1 is 1.27 bits per heavy atom. The van der Waals surface area contributed by atoms with Gasteiger partial charge in [-0.25, -0.2) is 9.97 Å². The summed E-state index contributed by atoms with van der Waals surface area (Å²) >= 11 is 0. The SMILES string of the molecule is CC1C(Nc2cc(N)ncn2)C(=O)C2=C(C(=O)NC23CCCCC3)N1C. The maximum absolute atomic E-state index is 13.5. The summed E-state index contributed by atoms with van der Waals surface area (Å²) in [6, 6.07) is 0.916. The minimum absolute atomic E-state index is 0.0250. The highest BCUT2D eigenvalue weighted by atomic mass is 16.2. The van der Waals surface area contributed by atoms with Gasteiger partial charge in [-0.2, -0.15) is 0 Å². The van der Waals surface area contributed by atoms with Crippen LogP contribution in [-0.2, 0) is 9.59 Å². The lowest BCUT2D eigenvalue weighted by Crippen LogP contribution is -2.55. The molecule has 0 radical (unpaired) electrons. The molecule has 138 valence electrons. The van der Waals surface area contributed by atoms with Gasteiger partial charge in [0, 0.05) is 13.1 Å². The van der Waals surface area contributed by atoms with Crippen molar-refractivity contribution in [2.75, 3.05) is 18.1 Å². The second-order valence-electron chi connectivity index (χ2n) is 7.49. The highest BCUT2D eigenvalue weighted by Crippen LogP contribution is 2.44. The van der Waals surface area contributed by atoms with E-state index in [0.717, 1.165) is 32.1 Å². The monoisotopic (exact) mass is 356 g/mol. The third kappa shape index (κ3) is 2.43. The van der Waals surface area contributed by atoms with E-state index >= 15 is 0 Å². The number of aromatic nitrogens is 2. The van der Waals surface area contributed by atoms with Crippen LogP contribution in [0.3, 0.4) is 0 Å². The fourth-order valence-corrected chi connectivity index (χ4v) is 4.50. The minimum atomic E-state index is -0.513. The standard InChI is InChI=1S/C18H24N6O2/c1-10-14(22-12-8-11(19)20-9-21-12)16(25)13-15(24(10)2)17(26)23-18(13)6-4-3-5-7-18/h8-10,14H,3-7H2,1-2H3,(H,23,26)(H3,19,20,21,22). The smallest absolute Gasteiger partial charge is 0.268 e. The molecule has 2 atom stereocenters. The lowest BCUT2D eigenvalue weighted by Gasteiger charge is -2.42. The molecule has 2 aliphatic heterocycles. The van der Waals surface area contributed by atoms with Gasteiger partial charge in [-0.15, -0.1) is 0 Å². The number of anilines is 2. The molecule has 8 nitrogen and oxygen atoms in total. The molecule has 1 saturated carbocycles. The molecule has 1 aromatic rings. The van der Waals surface area contributed by atoms with Crippen molar-refractivity contribution in [3.63, 3.8) is 0 Å². The van der Waals surface area contributed by atoms with Crippen LogP contribution in [0.5, 0.6) is 0 Å². The molecular formula is C18H24N6O2. The molecule has 0 bridgehead atoms. The van der Waals surface area contributed by atoms with E-state index in [1.54, 1.807) is 6.07 Å². The number of nitrogens with zero attached hydrogens (tertiary/aromatic N) is 3. The van der Waals surface area contributed by atoms with Crippen molar-refractivity contribution in [1.82, 2.24) is 20.2 Å². The van der Waals surface area contributed by atoms with Crippen LogP contribution in [0.4, 0.5) is 11.6 Å². The van der Waals surface area contributed by atoms with E-state index in [-0.39, 0.29) is 17.7 Å². The second kappa shape index (κ2) is 5.96. The fraction of sp³-hybridized carbons (Fsp3) is 0.556. The molecular weight excluding hydrogens is 332 g/mol. The van der Waals surface area contributed by atoms with Crippen molar-refractivity contribution in [2.45, 2.75) is 56.7 Å². The molecule has 1 amide bonds. The lowest BCUT2D eigenvalue weighted by atomic mass is 9.73. The van der Waals surface area contributed by atoms with Crippen molar-refractivity contribution in [3.8, 4) is 0 Å². The Morgan fingerprint density at radius 2 is 2.00 bits per heavy atom. The summed E-state index contributed by atoms with van der Waals surface area (Å²) in [5.41, 5.74) is 6.39. The molecule has 1 aliphatic carbocycles. The number of fused-ring (bicyclic) bond motifs is 1. The maximum atomic E-state index is 13.5. The fourth-order valence-electron chi connectivity index (χ4n) is 4.50. The number of hydrogen-bond acceptors (Lipinski definition) is 7. The zero-order valence-electron chi connectivity index (χ0n) is 15.1. The summed E-state index contributed by atoms with van der Waals surface area (Å²) in [6.45, 7) is 1.93. The van der Waals surface area contributed by atoms with Crippen LogP contribution in [0.1, 0.15) is 39.0 Å². The number of nitrogens with two attached hydrogens (primary N) is 1. The number of carbonyl (C=O) groups excluding carboxylic acids is 2. The van der Waals surface area contributed by atoms with E-state index in [1.165, 1.54) is 6.33 Å². The normalized spacial score (nSPS) is 27.5. The summed E-state index contributed by atoms with van der Waals surface area (Å²) in [5.74, 6) is 0.695. The van der Waals surface area contributed by atoms with Crippen molar-refractivity contribution < 1.29 is 9.59 Å². The van der Waals surface area contributed by atoms with Crippen molar-refractivity contribution >= 4 is 23.3 Å². The molecule has 0 aromatic carbocycles. The van der Waals surface area contributed by atoms with Crippen LogP contribution in [0, 0.1) is 0 Å². The highest BCUT2D eigenvalue weighted by Gasteiger charge is 2.54. The summed E-state index contributed by atoms with van der Waals surface area (Å²) in [6.07, 6.45) is 6.18. The Hall–Kier alpha value is -2.64. The van der Waals surface area contributed by atoms with Gasteiger partial charge >= 0.3 is 0 Å². The van der Waals surface area contributed by atoms with E-state index in [9.17, 15) is 9.59 Å². The zero-order chi connectivity index (χ0) is 18.5.